The van der Waals surface area contributed by atoms with Gasteiger partial charge in [0.15, 0.2) is 12.4 Å². The molecule has 3 aliphatic heterocycles. The van der Waals surface area contributed by atoms with Crippen LogP contribution in [-0.2, 0) is 7.05 Å². The predicted molar refractivity (Wildman–Crippen MR) is 154 cm³/mol. The molecule has 3 aromatic rings. The summed E-state index contributed by atoms with van der Waals surface area (Å²) in [6.45, 7) is 4.57. The molecular formula is C29H32ClF2N7O2. The lowest BCUT2D eigenvalue weighted by Gasteiger charge is -2.60. The van der Waals surface area contributed by atoms with Crippen LogP contribution in [0.3, 0.4) is 0 Å². The number of aromatic nitrogens is 3. The number of nitrogens with zero attached hydrogens (tertiary/aromatic N) is 5. The maximum Gasteiger partial charge on any atom is 0.301 e. The third-order valence-electron chi connectivity index (χ3n) is 9.27. The number of halogens is 3. The van der Waals surface area contributed by atoms with Crippen molar-refractivity contribution in [1.29, 1.82) is 0 Å². The maximum atomic E-state index is 15.0. The van der Waals surface area contributed by atoms with E-state index in [-0.39, 0.29) is 11.7 Å². The molecular weight excluding hydrogens is 552 g/mol. The first-order valence-electron chi connectivity index (χ1n) is 14.4. The lowest BCUT2D eigenvalue weighted by molar-refractivity contribution is -0.0579. The first-order valence-corrected chi connectivity index (χ1v) is 14.8. The van der Waals surface area contributed by atoms with Crippen LogP contribution < -0.4 is 25.8 Å². The van der Waals surface area contributed by atoms with Crippen molar-refractivity contribution in [2.45, 2.75) is 37.6 Å². The average Bonchev–Trinajstić information content (AvgIpc) is 3.81. The van der Waals surface area contributed by atoms with E-state index < -0.39 is 24.1 Å². The first-order chi connectivity index (χ1) is 19.7. The van der Waals surface area contributed by atoms with Crippen molar-refractivity contribution in [3.05, 3.63) is 39.8 Å². The number of hydrogen-bond acceptors (Lipinski definition) is 8. The average molecular weight is 584 g/mol. The Morgan fingerprint density at radius 2 is 1.95 bits per heavy atom. The Morgan fingerprint density at radius 1 is 1.17 bits per heavy atom. The van der Waals surface area contributed by atoms with Crippen molar-refractivity contribution in [3.8, 4) is 5.75 Å². The number of pyridine rings is 1. The maximum absolute atomic E-state index is 15.0. The highest BCUT2D eigenvalue weighted by Crippen LogP contribution is 2.46. The first kappa shape index (κ1) is 25.5. The molecule has 4 fully saturated rings. The van der Waals surface area contributed by atoms with Gasteiger partial charge in [-0.2, -0.15) is 4.98 Å². The van der Waals surface area contributed by atoms with Crippen molar-refractivity contribution in [3.63, 3.8) is 0 Å². The van der Waals surface area contributed by atoms with Crippen LogP contribution in [0.1, 0.15) is 25.7 Å². The van der Waals surface area contributed by atoms with E-state index in [4.69, 9.17) is 21.3 Å². The summed E-state index contributed by atoms with van der Waals surface area (Å²) in [6.07, 6.45) is 5.81. The molecule has 2 saturated carbocycles. The van der Waals surface area contributed by atoms with Crippen molar-refractivity contribution in [1.82, 2.24) is 19.4 Å². The van der Waals surface area contributed by atoms with Crippen LogP contribution in [0.2, 0.25) is 5.02 Å². The third-order valence-corrected chi connectivity index (χ3v) is 9.55. The molecule has 216 valence electrons. The number of likely N-dealkylation sites (tertiary alicyclic amines) is 1. The fourth-order valence-corrected chi connectivity index (χ4v) is 6.96. The number of aryl methyl sites for hydroxylation is 1. The second-order valence-electron chi connectivity index (χ2n) is 12.8. The molecule has 2 saturated heterocycles. The van der Waals surface area contributed by atoms with E-state index in [2.05, 4.69) is 25.4 Å². The summed E-state index contributed by atoms with van der Waals surface area (Å²) < 4.78 is 36.8. The summed E-state index contributed by atoms with van der Waals surface area (Å²) >= 11 is 6.50. The van der Waals surface area contributed by atoms with E-state index in [0.29, 0.717) is 44.5 Å². The molecule has 2 aliphatic carbocycles. The molecule has 1 atom stereocenters. The molecule has 8 rings (SSSR count). The van der Waals surface area contributed by atoms with Crippen LogP contribution in [-0.4, -0.2) is 70.7 Å². The molecule has 1 spiro atoms. The third kappa shape index (κ3) is 4.39. The van der Waals surface area contributed by atoms with Gasteiger partial charge < -0.3 is 29.7 Å². The number of rotatable bonds is 6. The molecule has 0 unspecified atom stereocenters. The number of fused-ring (bicyclic) bond motifs is 3. The lowest BCUT2D eigenvalue weighted by atomic mass is 9.73. The molecule has 9 nitrogen and oxygen atoms in total. The summed E-state index contributed by atoms with van der Waals surface area (Å²) in [5.74, 6) is -1.33. The van der Waals surface area contributed by atoms with Gasteiger partial charge in [0.25, 0.3) is 5.56 Å². The van der Waals surface area contributed by atoms with Crippen LogP contribution in [0.5, 0.6) is 5.75 Å². The number of benzene rings is 1. The molecule has 41 heavy (non-hydrogen) atoms. The molecule has 2 N–H and O–H groups in total. The molecule has 5 aliphatic rings. The second-order valence-corrected chi connectivity index (χ2v) is 13.2. The fraction of sp³-hybridized carbons (Fsp3) is 0.552. The SMILES string of the molecule is Cn1c(=O)c2c(c3cc(Nc4nc(N5CC6(CN(CC7CC7)C6)C5)ncc4Cl)ccc31)N[C@@H](C1CC1)C(F)(F)CO2. The number of alkyl halides is 2. The standard InChI is InChI=1S/C29H32ClF2N7O2/c1-37-21-7-6-18(8-19(21)22-23(26(37)40)41-15-29(31,32)24(35-22)17-4-5-17)34-25-20(30)9-33-27(36-25)39-13-28(14-39)11-38(12-28)10-16-2-3-16/h6-9,16-17,24,35H,2-5,10-15H2,1H3,(H,33,34,36)/t24-/m0/s1. The summed E-state index contributed by atoms with van der Waals surface area (Å²) in [5, 5.41) is 7.29. The van der Waals surface area contributed by atoms with Gasteiger partial charge in [0.1, 0.15) is 5.02 Å². The Labute approximate surface area is 240 Å². The van der Waals surface area contributed by atoms with E-state index in [9.17, 15) is 13.6 Å². The Kier molecular flexibility index (Phi) is 5.55. The highest BCUT2D eigenvalue weighted by Gasteiger charge is 2.53. The molecule has 5 heterocycles. The Bertz CT molecular complexity index is 1610. The second kappa shape index (κ2) is 8.91. The minimum atomic E-state index is -3.09. The Hall–Kier alpha value is -3.18. The normalized spacial score (nSPS) is 24.6. The Balaban J connectivity index is 1.06. The molecule has 12 heteroatoms. The molecule has 0 amide bonds. The van der Waals surface area contributed by atoms with Crippen molar-refractivity contribution >= 4 is 45.6 Å². The van der Waals surface area contributed by atoms with E-state index in [1.165, 1.54) is 24.0 Å². The van der Waals surface area contributed by atoms with Gasteiger partial charge in [-0.25, -0.2) is 13.8 Å². The largest absolute Gasteiger partial charge is 0.480 e. The summed E-state index contributed by atoms with van der Waals surface area (Å²) in [4.78, 5) is 27.0. The van der Waals surface area contributed by atoms with Gasteiger partial charge in [0, 0.05) is 56.3 Å². The minimum absolute atomic E-state index is 0.0827. The van der Waals surface area contributed by atoms with Crippen molar-refractivity contribution in [2.75, 3.05) is 54.9 Å². The topological polar surface area (TPSA) is 87.6 Å². The summed E-state index contributed by atoms with van der Waals surface area (Å²) in [7, 11) is 1.61. The van der Waals surface area contributed by atoms with Gasteiger partial charge in [-0.15, -0.1) is 0 Å². The van der Waals surface area contributed by atoms with Gasteiger partial charge >= 0.3 is 5.92 Å². The molecule has 0 radical (unpaired) electrons. The Morgan fingerprint density at radius 3 is 2.68 bits per heavy atom. The monoisotopic (exact) mass is 583 g/mol. The van der Waals surface area contributed by atoms with Crippen LogP contribution in [0.4, 0.5) is 31.9 Å². The van der Waals surface area contributed by atoms with Gasteiger partial charge in [-0.3, -0.25) is 4.79 Å². The van der Waals surface area contributed by atoms with Gasteiger partial charge in [-0.05, 0) is 55.7 Å². The molecule has 1 aromatic carbocycles. The minimum Gasteiger partial charge on any atom is -0.480 e. The van der Waals surface area contributed by atoms with Crippen LogP contribution in [0, 0.1) is 17.3 Å². The summed E-state index contributed by atoms with van der Waals surface area (Å²) in [5.41, 5.74) is 1.46. The number of ether oxygens (including phenoxy) is 1. The highest BCUT2D eigenvalue weighted by molar-refractivity contribution is 6.33. The summed E-state index contributed by atoms with van der Waals surface area (Å²) in [6, 6.07) is 4.33. The van der Waals surface area contributed by atoms with Crippen LogP contribution >= 0.6 is 11.6 Å². The number of hydrogen-bond donors (Lipinski definition) is 2. The van der Waals surface area contributed by atoms with Gasteiger partial charge in [-0.1, -0.05) is 11.6 Å². The van der Waals surface area contributed by atoms with E-state index in [1.807, 2.05) is 12.1 Å². The fourth-order valence-electron chi connectivity index (χ4n) is 6.82. The van der Waals surface area contributed by atoms with Crippen molar-refractivity contribution < 1.29 is 13.5 Å². The highest BCUT2D eigenvalue weighted by atomic mass is 35.5. The van der Waals surface area contributed by atoms with Gasteiger partial charge in [0.2, 0.25) is 11.7 Å². The van der Waals surface area contributed by atoms with Crippen LogP contribution in [0.15, 0.2) is 29.2 Å². The quantitative estimate of drug-likeness (QED) is 0.439. The number of nitrogens with one attached hydrogen (secondary N) is 2. The number of anilines is 4. The van der Waals surface area contributed by atoms with E-state index in [1.54, 1.807) is 19.3 Å². The zero-order valence-corrected chi connectivity index (χ0v) is 23.6. The zero-order chi connectivity index (χ0) is 28.1. The molecule has 2 aromatic heterocycles. The predicted octanol–water partition coefficient (Wildman–Crippen LogP) is 4.48. The lowest BCUT2D eigenvalue weighted by Crippen LogP contribution is -2.72. The van der Waals surface area contributed by atoms with Crippen LogP contribution in [0.25, 0.3) is 10.9 Å². The van der Waals surface area contributed by atoms with E-state index >= 15 is 0 Å². The molecule has 0 bridgehead atoms. The van der Waals surface area contributed by atoms with E-state index in [0.717, 1.165) is 44.9 Å². The zero-order valence-electron chi connectivity index (χ0n) is 22.8. The van der Waals surface area contributed by atoms with Crippen molar-refractivity contribution in [2.24, 2.45) is 24.3 Å². The van der Waals surface area contributed by atoms with Gasteiger partial charge in [0.05, 0.1) is 23.4 Å². The smallest absolute Gasteiger partial charge is 0.301 e.